The maximum Gasteiger partial charge on any atom is 0.0331 e. The summed E-state index contributed by atoms with van der Waals surface area (Å²) in [5.74, 6) is 0. The van der Waals surface area contributed by atoms with E-state index in [-0.39, 0.29) is 0 Å². The highest BCUT2D eigenvalue weighted by Crippen LogP contribution is 2.32. The monoisotopic (exact) mass is 301 g/mol. The smallest absolute Gasteiger partial charge is 0.0331 e. The summed E-state index contributed by atoms with van der Waals surface area (Å²) in [6.07, 6.45) is 2.79. The first-order valence-corrected chi connectivity index (χ1v) is 7.93. The molecule has 0 radical (unpaired) electrons. The first kappa shape index (κ1) is 12.6. The van der Waals surface area contributed by atoms with Crippen molar-refractivity contribution in [2.24, 2.45) is 5.41 Å². The zero-order valence-corrected chi connectivity index (χ0v) is 12.5. The van der Waals surface area contributed by atoms with Gasteiger partial charge in [0.05, 0.1) is 0 Å². The van der Waals surface area contributed by atoms with Crippen molar-refractivity contribution in [3.05, 3.63) is 22.4 Å². The van der Waals surface area contributed by atoms with Crippen LogP contribution in [0.25, 0.3) is 0 Å². The number of hydrogen-bond acceptors (Lipinski definition) is 2. The van der Waals surface area contributed by atoms with Crippen LogP contribution in [-0.4, -0.2) is 22.8 Å². The first-order chi connectivity index (χ1) is 7.61. The van der Waals surface area contributed by atoms with Crippen molar-refractivity contribution in [3.63, 3.8) is 0 Å². The fraction of sp³-hybridized carbons (Fsp3) is 0.692. The van der Waals surface area contributed by atoms with Crippen LogP contribution in [0.1, 0.15) is 31.6 Å². The topological polar surface area (TPSA) is 3.24 Å². The summed E-state index contributed by atoms with van der Waals surface area (Å²) < 4.78 is 0. The fourth-order valence-electron chi connectivity index (χ4n) is 1.95. The van der Waals surface area contributed by atoms with Gasteiger partial charge in [0.2, 0.25) is 0 Å². The summed E-state index contributed by atoms with van der Waals surface area (Å²) >= 11 is 5.50. The van der Waals surface area contributed by atoms with Gasteiger partial charge in [-0.25, -0.2) is 0 Å². The molecule has 0 atom stereocenters. The van der Waals surface area contributed by atoms with Crippen molar-refractivity contribution in [2.45, 2.75) is 39.3 Å². The molecule has 1 heterocycles. The molecule has 0 bridgehead atoms. The third kappa shape index (κ3) is 3.57. The molecule has 1 aromatic rings. The second-order valence-corrected chi connectivity index (χ2v) is 7.11. The maximum atomic E-state index is 3.62. The molecule has 90 valence electrons. The van der Waals surface area contributed by atoms with Gasteiger partial charge in [0.1, 0.15) is 0 Å². The molecule has 0 saturated heterocycles. The molecule has 0 aliphatic heterocycles. The minimum Gasteiger partial charge on any atom is -0.295 e. The van der Waals surface area contributed by atoms with Gasteiger partial charge in [-0.2, -0.15) is 0 Å². The Hall–Kier alpha value is 0.140. The van der Waals surface area contributed by atoms with Gasteiger partial charge in [-0.3, -0.25) is 4.90 Å². The summed E-state index contributed by atoms with van der Waals surface area (Å²) in [4.78, 5) is 4.16. The minimum atomic E-state index is 0.375. The number of nitrogens with zero attached hydrogens (tertiary/aromatic N) is 1. The Bertz CT molecular complexity index is 317. The number of alkyl halides is 1. The van der Waals surface area contributed by atoms with E-state index in [4.69, 9.17) is 0 Å². The van der Waals surface area contributed by atoms with E-state index in [9.17, 15) is 0 Å². The zero-order valence-electron chi connectivity index (χ0n) is 10.1. The molecular formula is C13H20BrNS. The second-order valence-electron chi connectivity index (χ2n) is 5.51. The quantitative estimate of drug-likeness (QED) is 0.714. The Balaban J connectivity index is 1.95. The van der Waals surface area contributed by atoms with E-state index in [1.807, 2.05) is 11.3 Å². The molecule has 0 N–H and O–H groups in total. The van der Waals surface area contributed by atoms with Crippen LogP contribution in [0.2, 0.25) is 0 Å². The van der Waals surface area contributed by atoms with Crippen LogP contribution in [0, 0.1) is 5.41 Å². The van der Waals surface area contributed by atoms with Crippen LogP contribution in [0.15, 0.2) is 17.5 Å². The van der Waals surface area contributed by atoms with E-state index in [2.05, 4.69) is 52.2 Å². The second kappa shape index (κ2) is 5.19. The van der Waals surface area contributed by atoms with Crippen molar-refractivity contribution in [3.8, 4) is 0 Å². The Morgan fingerprint density at radius 1 is 1.50 bits per heavy atom. The van der Waals surface area contributed by atoms with Gasteiger partial charge in [0.25, 0.3) is 0 Å². The lowest BCUT2D eigenvalue weighted by atomic mass is 9.96. The number of hydrogen-bond donors (Lipinski definition) is 0. The fourth-order valence-corrected chi connectivity index (χ4v) is 2.86. The van der Waals surface area contributed by atoms with Crippen LogP contribution in [0.3, 0.4) is 0 Å². The molecule has 1 nitrogen and oxygen atoms in total. The molecule has 16 heavy (non-hydrogen) atoms. The van der Waals surface area contributed by atoms with Crippen molar-refractivity contribution in [1.29, 1.82) is 0 Å². The highest BCUT2D eigenvalue weighted by atomic mass is 79.9. The molecule has 2 rings (SSSR count). The Labute approximate surface area is 111 Å². The van der Waals surface area contributed by atoms with E-state index >= 15 is 0 Å². The van der Waals surface area contributed by atoms with E-state index in [1.54, 1.807) is 0 Å². The van der Waals surface area contributed by atoms with Gasteiger partial charge >= 0.3 is 0 Å². The zero-order chi connectivity index (χ0) is 11.6. The highest BCUT2D eigenvalue weighted by Gasteiger charge is 2.32. The summed E-state index contributed by atoms with van der Waals surface area (Å²) in [7, 11) is 0. The van der Waals surface area contributed by atoms with E-state index in [1.165, 1.54) is 24.3 Å². The van der Waals surface area contributed by atoms with Crippen molar-refractivity contribution in [1.82, 2.24) is 4.90 Å². The number of halogens is 1. The minimum absolute atomic E-state index is 0.375. The predicted molar refractivity (Wildman–Crippen MR) is 75.3 cm³/mol. The van der Waals surface area contributed by atoms with Gasteiger partial charge in [-0.1, -0.05) is 35.8 Å². The van der Waals surface area contributed by atoms with Crippen LogP contribution in [0.5, 0.6) is 0 Å². The molecule has 1 fully saturated rings. The average molecular weight is 302 g/mol. The van der Waals surface area contributed by atoms with E-state index in [0.717, 1.165) is 17.9 Å². The molecule has 0 amide bonds. The van der Waals surface area contributed by atoms with Gasteiger partial charge in [0.15, 0.2) is 0 Å². The number of rotatable bonds is 6. The highest BCUT2D eigenvalue weighted by molar-refractivity contribution is 9.09. The average Bonchev–Trinajstić information content (AvgIpc) is 2.97. The van der Waals surface area contributed by atoms with Crippen molar-refractivity contribution >= 4 is 27.3 Å². The predicted octanol–water partition coefficient (Wildman–Crippen LogP) is 4.13. The Morgan fingerprint density at radius 3 is 2.75 bits per heavy atom. The maximum absolute atomic E-state index is 3.62. The molecule has 1 saturated carbocycles. The summed E-state index contributed by atoms with van der Waals surface area (Å²) in [6, 6.07) is 5.25. The molecule has 1 aromatic heterocycles. The van der Waals surface area contributed by atoms with Crippen LogP contribution in [-0.2, 0) is 6.54 Å². The summed E-state index contributed by atoms with van der Waals surface area (Å²) in [5.41, 5.74) is 0.375. The SMILES string of the molecule is CC(C)(CBr)CN(Cc1cccs1)C1CC1. The largest absolute Gasteiger partial charge is 0.295 e. The van der Waals surface area contributed by atoms with Crippen molar-refractivity contribution < 1.29 is 0 Å². The lowest BCUT2D eigenvalue weighted by Gasteiger charge is -2.31. The Kier molecular flexibility index (Phi) is 4.09. The molecular weight excluding hydrogens is 282 g/mol. The molecule has 3 heteroatoms. The van der Waals surface area contributed by atoms with Gasteiger partial charge in [-0.05, 0) is 29.7 Å². The number of thiophene rings is 1. The lowest BCUT2D eigenvalue weighted by molar-refractivity contribution is 0.180. The first-order valence-electron chi connectivity index (χ1n) is 5.93. The molecule has 0 spiro atoms. The van der Waals surface area contributed by atoms with Gasteiger partial charge < -0.3 is 0 Å². The third-order valence-corrected chi connectivity index (χ3v) is 5.37. The molecule has 1 aliphatic rings. The van der Waals surface area contributed by atoms with Crippen LogP contribution >= 0.6 is 27.3 Å². The van der Waals surface area contributed by atoms with Gasteiger partial charge in [0, 0.05) is 29.3 Å². The normalized spacial score (nSPS) is 17.0. The van der Waals surface area contributed by atoms with Crippen LogP contribution < -0.4 is 0 Å². The van der Waals surface area contributed by atoms with Crippen LogP contribution in [0.4, 0.5) is 0 Å². The molecule has 0 aromatic carbocycles. The molecule has 1 aliphatic carbocycles. The summed E-state index contributed by atoms with van der Waals surface area (Å²) in [5, 5.41) is 3.25. The summed E-state index contributed by atoms with van der Waals surface area (Å²) in [6.45, 7) is 7.01. The molecule has 0 unspecified atom stereocenters. The standard InChI is InChI=1S/C13H20BrNS/c1-13(2,9-14)10-15(11-5-6-11)8-12-4-3-7-16-12/h3-4,7,11H,5-6,8-10H2,1-2H3. The Morgan fingerprint density at radius 2 is 2.25 bits per heavy atom. The van der Waals surface area contributed by atoms with Crippen molar-refractivity contribution in [2.75, 3.05) is 11.9 Å². The van der Waals surface area contributed by atoms with Gasteiger partial charge in [-0.15, -0.1) is 11.3 Å². The van der Waals surface area contributed by atoms with E-state index in [0.29, 0.717) is 5.41 Å². The third-order valence-electron chi connectivity index (χ3n) is 3.00. The lowest BCUT2D eigenvalue weighted by Crippen LogP contribution is -2.36. The van der Waals surface area contributed by atoms with E-state index < -0.39 is 0 Å².